The fourth-order valence-electron chi connectivity index (χ4n) is 3.58. The van der Waals surface area contributed by atoms with Crippen LogP contribution in [0.5, 0.6) is 0 Å². The zero-order valence-electron chi connectivity index (χ0n) is 20.2. The van der Waals surface area contributed by atoms with Gasteiger partial charge in [-0.1, -0.05) is 32.9 Å². The van der Waals surface area contributed by atoms with Gasteiger partial charge in [-0.05, 0) is 39.5 Å². The maximum atomic E-state index is 12.9. The van der Waals surface area contributed by atoms with Gasteiger partial charge in [-0.15, -0.1) is 0 Å². The Kier molecular flexibility index (Phi) is 10.8. The molecule has 5 atom stereocenters. The smallest absolute Gasteiger partial charge is 0.258 e. The molecule has 1 aliphatic heterocycles. The number of carbonyl (C=O) groups is 3. The van der Waals surface area contributed by atoms with Crippen LogP contribution in [0.3, 0.4) is 0 Å². The molecule has 0 bridgehead atoms. The van der Waals surface area contributed by atoms with Crippen LogP contribution in [-0.4, -0.2) is 76.6 Å². The van der Waals surface area contributed by atoms with Gasteiger partial charge in [0.2, 0.25) is 11.8 Å². The number of allylic oxidation sites excluding steroid dienone is 1. The second kappa shape index (κ2) is 12.3. The molecule has 10 heteroatoms. The second-order valence-corrected chi connectivity index (χ2v) is 8.97. The Hall–Kier alpha value is -2.01. The molecule has 5 unspecified atom stereocenters. The number of amides is 3. The lowest BCUT2D eigenvalue weighted by atomic mass is 9.93. The minimum Gasteiger partial charge on any atom is -0.377 e. The Morgan fingerprint density at radius 1 is 1.12 bits per heavy atom. The number of hydrogen-bond donors (Lipinski definition) is 5. The van der Waals surface area contributed by atoms with Crippen LogP contribution >= 0.6 is 0 Å². The summed E-state index contributed by atoms with van der Waals surface area (Å²) in [7, 11) is 1.52. The number of hydrazine groups is 1. The van der Waals surface area contributed by atoms with E-state index in [1.54, 1.807) is 32.9 Å². The second-order valence-electron chi connectivity index (χ2n) is 8.97. The van der Waals surface area contributed by atoms with E-state index in [-0.39, 0.29) is 11.8 Å². The van der Waals surface area contributed by atoms with E-state index in [1.807, 2.05) is 20.8 Å². The number of aliphatic hydroxyl groups excluding tert-OH is 1. The van der Waals surface area contributed by atoms with E-state index in [1.165, 1.54) is 12.1 Å². The van der Waals surface area contributed by atoms with E-state index in [4.69, 9.17) is 4.74 Å². The molecule has 1 heterocycles. The highest BCUT2D eigenvalue weighted by atomic mass is 16.5. The van der Waals surface area contributed by atoms with Crippen molar-refractivity contribution in [2.45, 2.75) is 84.4 Å². The number of nitrogens with zero attached hydrogens (tertiary/aromatic N) is 1. The number of nitrogens with one attached hydrogen (secondary N) is 3. The SMILES string of the molecule is CC=CC(OC)C(C)C(=O)NC(C(=O)NC(C)C(=O)N1CCCC(C)(C(O)O)N1)C(C)C. The molecule has 0 aromatic carbocycles. The van der Waals surface area contributed by atoms with Crippen molar-refractivity contribution < 1.29 is 29.3 Å². The minimum absolute atomic E-state index is 0.211. The van der Waals surface area contributed by atoms with E-state index in [0.29, 0.717) is 19.4 Å². The summed E-state index contributed by atoms with van der Waals surface area (Å²) in [6.45, 7) is 10.7. The van der Waals surface area contributed by atoms with Crippen molar-refractivity contribution in [2.75, 3.05) is 13.7 Å². The Balaban J connectivity index is 2.81. The highest BCUT2D eigenvalue weighted by molar-refractivity contribution is 5.92. The van der Waals surface area contributed by atoms with Crippen molar-refractivity contribution in [2.24, 2.45) is 11.8 Å². The summed E-state index contributed by atoms with van der Waals surface area (Å²) in [6, 6.07) is -1.71. The molecular weight excluding hydrogens is 416 g/mol. The molecule has 0 aromatic rings. The van der Waals surface area contributed by atoms with Crippen molar-refractivity contribution in [3.8, 4) is 0 Å². The first-order chi connectivity index (χ1) is 14.9. The molecule has 1 saturated heterocycles. The van der Waals surface area contributed by atoms with Crippen molar-refractivity contribution in [1.82, 2.24) is 21.1 Å². The standard InChI is InChI=1S/C22H40N4O6/c1-8-10-16(32-7)14(4)18(27)24-17(13(2)3)19(28)23-15(5)20(29)26-12-9-11-22(6,25-26)21(30)31/h8,10,13-17,21,25,30-31H,9,11-12H2,1-7H3,(H,23,28)(H,24,27). The summed E-state index contributed by atoms with van der Waals surface area (Å²) in [5, 5.41) is 26.0. The molecule has 1 rings (SSSR count). The van der Waals surface area contributed by atoms with E-state index < -0.39 is 47.7 Å². The van der Waals surface area contributed by atoms with Crippen LogP contribution in [0.25, 0.3) is 0 Å². The lowest BCUT2D eigenvalue weighted by Crippen LogP contribution is -2.66. The summed E-state index contributed by atoms with van der Waals surface area (Å²) in [6.07, 6.45) is 2.60. The number of hydrogen-bond acceptors (Lipinski definition) is 7. The lowest BCUT2D eigenvalue weighted by Gasteiger charge is -2.43. The van der Waals surface area contributed by atoms with Gasteiger partial charge < -0.3 is 25.6 Å². The van der Waals surface area contributed by atoms with Crippen molar-refractivity contribution in [3.63, 3.8) is 0 Å². The van der Waals surface area contributed by atoms with Crippen LogP contribution in [0.2, 0.25) is 0 Å². The molecule has 5 N–H and O–H groups in total. The van der Waals surface area contributed by atoms with Gasteiger partial charge in [-0.2, -0.15) is 0 Å². The Labute approximate surface area is 190 Å². The zero-order valence-corrected chi connectivity index (χ0v) is 20.2. The zero-order chi connectivity index (χ0) is 24.6. The molecule has 10 nitrogen and oxygen atoms in total. The third-order valence-corrected chi connectivity index (χ3v) is 5.84. The minimum atomic E-state index is -1.64. The molecule has 32 heavy (non-hydrogen) atoms. The number of carbonyl (C=O) groups excluding carboxylic acids is 3. The summed E-state index contributed by atoms with van der Waals surface area (Å²) in [5.74, 6) is -1.92. The van der Waals surface area contributed by atoms with E-state index in [9.17, 15) is 24.6 Å². The van der Waals surface area contributed by atoms with E-state index in [2.05, 4.69) is 16.1 Å². The molecule has 184 valence electrons. The first-order valence-corrected chi connectivity index (χ1v) is 11.1. The molecule has 1 aliphatic rings. The average molecular weight is 457 g/mol. The van der Waals surface area contributed by atoms with Crippen molar-refractivity contribution in [3.05, 3.63) is 12.2 Å². The van der Waals surface area contributed by atoms with Crippen LogP contribution in [0.15, 0.2) is 12.2 Å². The highest BCUT2D eigenvalue weighted by Crippen LogP contribution is 2.22. The van der Waals surface area contributed by atoms with E-state index >= 15 is 0 Å². The highest BCUT2D eigenvalue weighted by Gasteiger charge is 2.39. The normalized spacial score (nSPS) is 23.2. The Bertz CT molecular complexity index is 683. The number of ether oxygens (including phenoxy) is 1. The predicted octanol–water partition coefficient (Wildman–Crippen LogP) is 0.0555. The van der Waals surface area contributed by atoms with Crippen LogP contribution in [0.4, 0.5) is 0 Å². The fourth-order valence-corrected chi connectivity index (χ4v) is 3.58. The average Bonchev–Trinajstić information content (AvgIpc) is 2.73. The predicted molar refractivity (Wildman–Crippen MR) is 120 cm³/mol. The van der Waals surface area contributed by atoms with Gasteiger partial charge in [0.05, 0.1) is 17.6 Å². The quantitative estimate of drug-likeness (QED) is 0.231. The lowest BCUT2D eigenvalue weighted by molar-refractivity contribution is -0.160. The molecule has 0 saturated carbocycles. The topological polar surface area (TPSA) is 140 Å². The first-order valence-electron chi connectivity index (χ1n) is 11.1. The molecule has 0 aromatic heterocycles. The number of rotatable bonds is 10. The summed E-state index contributed by atoms with van der Waals surface area (Å²) in [4.78, 5) is 38.4. The van der Waals surface area contributed by atoms with Gasteiger partial charge in [0.15, 0.2) is 6.29 Å². The van der Waals surface area contributed by atoms with Crippen LogP contribution < -0.4 is 16.1 Å². The van der Waals surface area contributed by atoms with Crippen LogP contribution in [-0.2, 0) is 19.1 Å². The maximum Gasteiger partial charge on any atom is 0.258 e. The summed E-state index contributed by atoms with van der Waals surface area (Å²) in [5.41, 5.74) is 1.81. The van der Waals surface area contributed by atoms with Crippen LogP contribution in [0.1, 0.15) is 54.4 Å². The number of aliphatic hydroxyl groups is 2. The Morgan fingerprint density at radius 2 is 1.75 bits per heavy atom. The third kappa shape index (κ3) is 7.26. The van der Waals surface area contributed by atoms with Crippen LogP contribution in [0, 0.1) is 11.8 Å². The molecular formula is C22H40N4O6. The Morgan fingerprint density at radius 3 is 2.25 bits per heavy atom. The van der Waals surface area contributed by atoms with Gasteiger partial charge >= 0.3 is 0 Å². The summed E-state index contributed by atoms with van der Waals surface area (Å²) >= 11 is 0. The van der Waals surface area contributed by atoms with Gasteiger partial charge in [0, 0.05) is 13.7 Å². The third-order valence-electron chi connectivity index (χ3n) is 5.84. The molecule has 3 amide bonds. The maximum absolute atomic E-state index is 12.9. The molecule has 1 fully saturated rings. The monoisotopic (exact) mass is 456 g/mol. The van der Waals surface area contributed by atoms with Gasteiger partial charge in [-0.25, -0.2) is 5.43 Å². The fraction of sp³-hybridized carbons (Fsp3) is 0.773. The van der Waals surface area contributed by atoms with Gasteiger partial charge in [0.25, 0.3) is 5.91 Å². The van der Waals surface area contributed by atoms with Crippen molar-refractivity contribution in [1.29, 1.82) is 0 Å². The summed E-state index contributed by atoms with van der Waals surface area (Å²) < 4.78 is 5.33. The van der Waals surface area contributed by atoms with Gasteiger partial charge in [-0.3, -0.25) is 19.4 Å². The largest absolute Gasteiger partial charge is 0.377 e. The number of methoxy groups -OCH3 is 1. The van der Waals surface area contributed by atoms with Gasteiger partial charge in [0.1, 0.15) is 12.1 Å². The molecule has 0 radical (unpaired) electrons. The van der Waals surface area contributed by atoms with E-state index in [0.717, 1.165) is 0 Å². The first kappa shape index (κ1) is 28.0. The molecule has 0 spiro atoms. The molecule has 0 aliphatic carbocycles. The van der Waals surface area contributed by atoms with Crippen molar-refractivity contribution >= 4 is 17.7 Å².